The van der Waals surface area contributed by atoms with Crippen LogP contribution in [0.15, 0.2) is 22.3 Å². The number of nitrogens with one attached hydrogen (secondary N) is 2. The van der Waals surface area contributed by atoms with E-state index in [0.717, 1.165) is 37.0 Å². The number of fused-ring (bicyclic) bond motifs is 1. The van der Waals surface area contributed by atoms with Crippen LogP contribution in [-0.4, -0.2) is 45.2 Å². The molecule has 1 aliphatic rings. The third kappa shape index (κ3) is 6.82. The molecule has 190 valence electrons. The van der Waals surface area contributed by atoms with Crippen molar-refractivity contribution >= 4 is 56.4 Å². The zero-order chi connectivity index (χ0) is 25.8. The lowest BCUT2D eigenvalue weighted by Gasteiger charge is -2.29. The van der Waals surface area contributed by atoms with Crippen LogP contribution in [0.5, 0.6) is 0 Å². The quantitative estimate of drug-likeness (QED) is 0.327. The maximum absolute atomic E-state index is 13.0. The van der Waals surface area contributed by atoms with Gasteiger partial charge in [-0.2, -0.15) is 13.2 Å². The van der Waals surface area contributed by atoms with Crippen LogP contribution in [0.3, 0.4) is 0 Å². The number of thiophene rings is 2. The van der Waals surface area contributed by atoms with E-state index in [0.29, 0.717) is 21.7 Å². The predicted molar refractivity (Wildman–Crippen MR) is 122 cm³/mol. The number of carboxylic acid groups (broad SMARTS) is 1. The van der Waals surface area contributed by atoms with Gasteiger partial charge in [0.15, 0.2) is 0 Å². The zero-order valence-corrected chi connectivity index (χ0v) is 19.4. The highest BCUT2D eigenvalue weighted by molar-refractivity contribution is 7.17. The number of carboxylic acids is 1. The van der Waals surface area contributed by atoms with E-state index in [2.05, 4.69) is 20.6 Å². The number of hydrogen-bond donors (Lipinski definition) is 4. The van der Waals surface area contributed by atoms with E-state index in [9.17, 15) is 26.7 Å². The molecule has 0 spiro atoms. The van der Waals surface area contributed by atoms with Crippen molar-refractivity contribution < 1.29 is 36.6 Å². The molecule has 1 saturated carbocycles. The van der Waals surface area contributed by atoms with Gasteiger partial charge in [-0.3, -0.25) is 4.79 Å². The number of nitrogens with zero attached hydrogens (tertiary/aromatic N) is 2. The molecule has 1 aliphatic carbocycles. The lowest BCUT2D eigenvalue weighted by Crippen LogP contribution is -2.42. The molecule has 5 N–H and O–H groups in total. The first-order valence-electron chi connectivity index (χ1n) is 10.2. The van der Waals surface area contributed by atoms with E-state index in [4.69, 9.17) is 15.6 Å². The minimum Gasteiger partial charge on any atom is -0.475 e. The summed E-state index contributed by atoms with van der Waals surface area (Å²) in [5.41, 5.74) is 6.89. The number of aromatic nitrogens is 2. The van der Waals surface area contributed by atoms with Gasteiger partial charge in [0.2, 0.25) is 0 Å². The lowest BCUT2D eigenvalue weighted by atomic mass is 9.91. The second-order valence-electron chi connectivity index (χ2n) is 7.56. The van der Waals surface area contributed by atoms with Crippen LogP contribution in [0.2, 0.25) is 0 Å². The minimum atomic E-state index is -5.08. The summed E-state index contributed by atoms with van der Waals surface area (Å²) in [4.78, 5) is 31.1. The Morgan fingerprint density at radius 1 is 1.17 bits per heavy atom. The highest BCUT2D eigenvalue weighted by Gasteiger charge is 2.38. The van der Waals surface area contributed by atoms with E-state index < -0.39 is 24.5 Å². The van der Waals surface area contributed by atoms with Gasteiger partial charge in [0.1, 0.15) is 16.2 Å². The van der Waals surface area contributed by atoms with Gasteiger partial charge in [-0.15, -0.1) is 22.7 Å². The molecule has 0 saturated heterocycles. The molecule has 8 nitrogen and oxygen atoms in total. The molecule has 1 amide bonds. The summed E-state index contributed by atoms with van der Waals surface area (Å²) in [5.74, 6) is -2.68. The van der Waals surface area contributed by atoms with Gasteiger partial charge in [0.25, 0.3) is 12.3 Å². The highest BCUT2D eigenvalue weighted by Crippen LogP contribution is 2.32. The largest absolute Gasteiger partial charge is 0.490 e. The number of rotatable bonds is 5. The molecule has 0 radical (unpaired) electrons. The van der Waals surface area contributed by atoms with Gasteiger partial charge in [-0.25, -0.2) is 23.5 Å². The summed E-state index contributed by atoms with van der Waals surface area (Å²) >= 11 is 2.41. The Hall–Kier alpha value is -2.91. The first-order chi connectivity index (χ1) is 16.5. The molecule has 3 aromatic rings. The summed E-state index contributed by atoms with van der Waals surface area (Å²) in [5, 5.41) is 17.5. The number of alkyl halides is 5. The van der Waals surface area contributed by atoms with Crippen LogP contribution in [0.1, 0.15) is 48.0 Å². The predicted octanol–water partition coefficient (Wildman–Crippen LogP) is 5.26. The van der Waals surface area contributed by atoms with Gasteiger partial charge in [0.05, 0.1) is 23.0 Å². The highest BCUT2D eigenvalue weighted by atomic mass is 32.1. The van der Waals surface area contributed by atoms with Crippen molar-refractivity contribution in [1.29, 1.82) is 0 Å². The van der Waals surface area contributed by atoms with Crippen LogP contribution < -0.4 is 16.4 Å². The molecule has 0 bridgehead atoms. The molecule has 0 aliphatic heterocycles. The summed E-state index contributed by atoms with van der Waals surface area (Å²) in [6.45, 7) is 0. The number of aliphatic carboxylic acids is 1. The van der Waals surface area contributed by atoms with Gasteiger partial charge in [0, 0.05) is 28.2 Å². The second-order valence-corrected chi connectivity index (χ2v) is 9.16. The Balaban J connectivity index is 0.000000429. The first kappa shape index (κ1) is 26.7. The second kappa shape index (κ2) is 11.2. The molecule has 15 heteroatoms. The third-order valence-electron chi connectivity index (χ3n) is 5.10. The van der Waals surface area contributed by atoms with Crippen LogP contribution in [-0.2, 0) is 4.79 Å². The Kier molecular flexibility index (Phi) is 8.56. The summed E-state index contributed by atoms with van der Waals surface area (Å²) in [7, 11) is 0. The van der Waals surface area contributed by atoms with Crippen LogP contribution in [0, 0.1) is 0 Å². The maximum atomic E-state index is 13.0. The molecule has 1 fully saturated rings. The van der Waals surface area contributed by atoms with Crippen LogP contribution in [0.4, 0.5) is 33.5 Å². The van der Waals surface area contributed by atoms with Gasteiger partial charge >= 0.3 is 12.1 Å². The fourth-order valence-electron chi connectivity index (χ4n) is 3.34. The molecule has 35 heavy (non-hydrogen) atoms. The normalized spacial score (nSPS) is 18.1. The van der Waals surface area contributed by atoms with Gasteiger partial charge in [-0.05, 0) is 12.8 Å². The minimum absolute atomic E-state index is 0.0582. The van der Waals surface area contributed by atoms with Gasteiger partial charge in [-0.1, -0.05) is 12.8 Å². The van der Waals surface area contributed by atoms with Crippen molar-refractivity contribution in [3.05, 3.63) is 33.5 Å². The molecule has 0 aromatic carbocycles. The monoisotopic (exact) mass is 537 g/mol. The van der Waals surface area contributed by atoms with E-state index in [1.54, 1.807) is 11.6 Å². The SMILES string of the molecule is N[C@H]1CCCC[C@H]1Nc1cnc2scc(C(=O)Nc3cscc3C(F)F)c2n1.O=C(O)C(F)(F)F. The summed E-state index contributed by atoms with van der Waals surface area (Å²) in [6.07, 6.45) is -1.92. The Bertz CT molecular complexity index is 1180. The number of hydrogen-bond acceptors (Lipinski definition) is 8. The fourth-order valence-corrected chi connectivity index (χ4v) is 4.94. The standard InChI is InChI=1S/C18H19F2N5OS2.C2HF3O2/c19-16(20)9-6-27-8-13(9)24-17(26)10-7-28-18-15(10)25-14(5-22-18)23-12-4-2-1-3-11(12)21;3-2(4,5)1(6)7/h5-8,11-12,16H,1-4,21H2,(H,23,25)(H,24,26);(H,6,7)/t11-,12+;/m0./s1. The first-order valence-corrected chi connectivity index (χ1v) is 12.0. The van der Waals surface area contributed by atoms with E-state index >= 15 is 0 Å². The molecule has 0 unspecified atom stereocenters. The number of carbonyl (C=O) groups is 2. The van der Waals surface area contributed by atoms with Crippen LogP contribution in [0.25, 0.3) is 10.3 Å². The Morgan fingerprint density at radius 2 is 1.86 bits per heavy atom. The molecule has 3 heterocycles. The molecule has 4 rings (SSSR count). The number of anilines is 2. The number of halogens is 5. The average Bonchev–Trinajstić information content (AvgIpc) is 3.42. The zero-order valence-electron chi connectivity index (χ0n) is 17.8. The fraction of sp³-hybridized carbons (Fsp3) is 0.400. The van der Waals surface area contributed by atoms with Crippen molar-refractivity contribution in [2.24, 2.45) is 5.73 Å². The summed E-state index contributed by atoms with van der Waals surface area (Å²) in [6, 6.07) is 0.179. The van der Waals surface area contributed by atoms with Crippen molar-refractivity contribution in [3.63, 3.8) is 0 Å². The Labute approximate surface area is 203 Å². The summed E-state index contributed by atoms with van der Waals surface area (Å²) < 4.78 is 57.8. The average molecular weight is 538 g/mol. The number of nitrogens with two attached hydrogens (primary N) is 1. The molecule has 2 atom stereocenters. The lowest BCUT2D eigenvalue weighted by molar-refractivity contribution is -0.192. The van der Waals surface area contributed by atoms with Crippen molar-refractivity contribution in [2.75, 3.05) is 10.6 Å². The Morgan fingerprint density at radius 3 is 2.49 bits per heavy atom. The van der Waals surface area contributed by atoms with E-state index in [1.807, 2.05) is 0 Å². The molecule has 3 aromatic heterocycles. The topological polar surface area (TPSA) is 130 Å². The van der Waals surface area contributed by atoms with Crippen LogP contribution >= 0.6 is 22.7 Å². The number of amides is 1. The van der Waals surface area contributed by atoms with Crippen molar-refractivity contribution in [2.45, 2.75) is 50.4 Å². The van der Waals surface area contributed by atoms with Crippen molar-refractivity contribution in [1.82, 2.24) is 9.97 Å². The molecular formula is C20H20F5N5O3S2. The smallest absolute Gasteiger partial charge is 0.475 e. The van der Waals surface area contributed by atoms with E-state index in [-0.39, 0.29) is 23.3 Å². The van der Waals surface area contributed by atoms with Gasteiger partial charge < -0.3 is 21.5 Å². The van der Waals surface area contributed by atoms with Crippen molar-refractivity contribution in [3.8, 4) is 0 Å². The maximum Gasteiger partial charge on any atom is 0.490 e. The van der Waals surface area contributed by atoms with E-state index in [1.165, 1.54) is 22.1 Å². The number of carbonyl (C=O) groups excluding carboxylic acids is 1. The third-order valence-corrected chi connectivity index (χ3v) is 6.73. The molecular weight excluding hydrogens is 517 g/mol.